The van der Waals surface area contributed by atoms with E-state index in [2.05, 4.69) is 10.4 Å². The van der Waals surface area contributed by atoms with E-state index in [1.54, 1.807) is 29.1 Å². The van der Waals surface area contributed by atoms with E-state index >= 15 is 0 Å². The Morgan fingerprint density at radius 3 is 2.76 bits per heavy atom. The van der Waals surface area contributed by atoms with Crippen LogP contribution >= 0.6 is 23.2 Å². The molecule has 0 atom stereocenters. The summed E-state index contributed by atoms with van der Waals surface area (Å²) in [4.78, 5) is 12.1. The van der Waals surface area contributed by atoms with Gasteiger partial charge in [-0.3, -0.25) is 9.48 Å². The summed E-state index contributed by atoms with van der Waals surface area (Å²) in [5, 5.41) is 7.60. The van der Waals surface area contributed by atoms with Crippen LogP contribution in [-0.4, -0.2) is 15.7 Å². The Kier molecular flexibility index (Phi) is 5.01. The zero-order valence-electron chi connectivity index (χ0n) is 12.6. The zero-order chi connectivity index (χ0) is 18.0. The van der Waals surface area contributed by atoms with Crippen molar-refractivity contribution in [2.45, 2.75) is 6.54 Å². The van der Waals surface area contributed by atoms with Gasteiger partial charge in [-0.1, -0.05) is 35.3 Å². The fraction of sp³-hybridized carbons (Fsp3) is 0.0588. The van der Waals surface area contributed by atoms with E-state index in [9.17, 15) is 13.6 Å². The number of carbonyl (C=O) groups is 1. The second kappa shape index (κ2) is 7.21. The number of halogens is 4. The Hall–Kier alpha value is -2.44. The first-order chi connectivity index (χ1) is 11.9. The monoisotopic (exact) mass is 381 g/mol. The molecule has 0 aliphatic carbocycles. The number of carbonyl (C=O) groups excluding carboxylic acids is 1. The molecule has 0 aliphatic heterocycles. The highest BCUT2D eigenvalue weighted by Crippen LogP contribution is 2.22. The summed E-state index contributed by atoms with van der Waals surface area (Å²) in [6.45, 7) is 0.361. The molecule has 1 N–H and O–H groups in total. The van der Waals surface area contributed by atoms with Gasteiger partial charge in [0.2, 0.25) is 0 Å². The Morgan fingerprint density at radius 2 is 2.00 bits per heavy atom. The van der Waals surface area contributed by atoms with Crippen molar-refractivity contribution in [1.29, 1.82) is 0 Å². The van der Waals surface area contributed by atoms with Crippen LogP contribution in [0.25, 0.3) is 0 Å². The van der Waals surface area contributed by atoms with Crippen LogP contribution in [-0.2, 0) is 6.54 Å². The van der Waals surface area contributed by atoms with E-state index in [0.717, 1.165) is 11.6 Å². The normalized spacial score (nSPS) is 10.7. The molecule has 3 aromatic rings. The molecule has 0 fully saturated rings. The van der Waals surface area contributed by atoms with Crippen molar-refractivity contribution in [2.24, 2.45) is 0 Å². The lowest BCUT2D eigenvalue weighted by molar-refractivity contribution is 0.102. The average Bonchev–Trinajstić information content (AvgIpc) is 2.99. The van der Waals surface area contributed by atoms with Gasteiger partial charge in [0.05, 0.1) is 24.0 Å². The largest absolute Gasteiger partial charge is 0.319 e. The summed E-state index contributed by atoms with van der Waals surface area (Å²) in [6, 6.07) is 8.51. The van der Waals surface area contributed by atoms with Gasteiger partial charge in [-0.15, -0.1) is 0 Å². The summed E-state index contributed by atoms with van der Waals surface area (Å²) in [7, 11) is 0. The minimum Gasteiger partial charge on any atom is -0.319 e. The van der Waals surface area contributed by atoms with Gasteiger partial charge in [0.25, 0.3) is 5.91 Å². The third kappa shape index (κ3) is 3.97. The maximum absolute atomic E-state index is 13.6. The molecular weight excluding hydrogens is 371 g/mol. The van der Waals surface area contributed by atoms with Gasteiger partial charge in [0, 0.05) is 16.2 Å². The van der Waals surface area contributed by atoms with E-state index in [4.69, 9.17) is 23.2 Å². The predicted molar refractivity (Wildman–Crippen MR) is 92.1 cm³/mol. The second-order valence-electron chi connectivity index (χ2n) is 5.22. The summed E-state index contributed by atoms with van der Waals surface area (Å²) in [6.07, 6.45) is 2.96. The lowest BCUT2D eigenvalue weighted by atomic mass is 10.2. The van der Waals surface area contributed by atoms with Crippen molar-refractivity contribution in [3.8, 4) is 0 Å². The number of benzene rings is 2. The van der Waals surface area contributed by atoms with Crippen LogP contribution < -0.4 is 5.32 Å². The third-order valence-corrected chi connectivity index (χ3v) is 4.02. The molecule has 0 saturated carbocycles. The summed E-state index contributed by atoms with van der Waals surface area (Å²) >= 11 is 12.0. The fourth-order valence-corrected chi connectivity index (χ4v) is 2.68. The first-order valence-electron chi connectivity index (χ1n) is 7.16. The molecule has 1 amide bonds. The summed E-state index contributed by atoms with van der Waals surface area (Å²) in [5.41, 5.74) is 0.760. The van der Waals surface area contributed by atoms with Crippen LogP contribution in [0.3, 0.4) is 0 Å². The van der Waals surface area contributed by atoms with E-state index in [0.29, 0.717) is 22.3 Å². The highest BCUT2D eigenvalue weighted by atomic mass is 35.5. The number of hydrogen-bond donors (Lipinski definition) is 1. The molecule has 4 nitrogen and oxygen atoms in total. The molecule has 0 unspecified atom stereocenters. The Labute approximate surface area is 152 Å². The number of aromatic nitrogens is 2. The molecule has 128 valence electrons. The number of hydrogen-bond acceptors (Lipinski definition) is 2. The fourth-order valence-electron chi connectivity index (χ4n) is 2.22. The van der Waals surface area contributed by atoms with Crippen LogP contribution in [0.2, 0.25) is 10.0 Å². The molecule has 8 heteroatoms. The Morgan fingerprint density at radius 1 is 1.20 bits per heavy atom. The number of nitrogens with one attached hydrogen (secondary N) is 1. The maximum atomic E-state index is 13.6. The van der Waals surface area contributed by atoms with Gasteiger partial charge in [-0.2, -0.15) is 5.10 Å². The van der Waals surface area contributed by atoms with Gasteiger partial charge in [-0.25, -0.2) is 8.78 Å². The standard InChI is InChI=1S/C17H11Cl2F2N3O/c18-11-5-4-10(14(19)6-11)8-24-9-12(7-22-24)23-17(25)13-2-1-3-15(20)16(13)21/h1-7,9H,8H2,(H,23,25). The molecule has 3 rings (SSSR count). The molecule has 0 spiro atoms. The maximum Gasteiger partial charge on any atom is 0.258 e. The van der Waals surface area contributed by atoms with Crippen molar-refractivity contribution in [1.82, 2.24) is 9.78 Å². The number of rotatable bonds is 4. The van der Waals surface area contributed by atoms with Crippen LogP contribution in [0.1, 0.15) is 15.9 Å². The minimum absolute atomic E-state index is 0.346. The molecule has 2 aromatic carbocycles. The summed E-state index contributed by atoms with van der Waals surface area (Å²) < 4.78 is 28.4. The predicted octanol–water partition coefficient (Wildman–Crippen LogP) is 4.77. The third-order valence-electron chi connectivity index (χ3n) is 3.43. The highest BCUT2D eigenvalue weighted by Gasteiger charge is 2.15. The van der Waals surface area contributed by atoms with E-state index < -0.39 is 17.5 Å². The van der Waals surface area contributed by atoms with Gasteiger partial charge < -0.3 is 5.32 Å². The van der Waals surface area contributed by atoms with Crippen LogP contribution in [0, 0.1) is 11.6 Å². The molecule has 0 radical (unpaired) electrons. The van der Waals surface area contributed by atoms with Gasteiger partial charge in [0.15, 0.2) is 11.6 Å². The first kappa shape index (κ1) is 17.4. The Balaban J connectivity index is 1.73. The number of anilines is 1. The van der Waals surface area contributed by atoms with Crippen LogP contribution in [0.5, 0.6) is 0 Å². The van der Waals surface area contributed by atoms with Crippen molar-refractivity contribution in [2.75, 3.05) is 5.32 Å². The molecule has 0 bridgehead atoms. The van der Waals surface area contributed by atoms with Crippen molar-refractivity contribution in [3.05, 3.63) is 81.6 Å². The smallest absolute Gasteiger partial charge is 0.258 e. The van der Waals surface area contributed by atoms with Crippen LogP contribution in [0.15, 0.2) is 48.8 Å². The second-order valence-corrected chi connectivity index (χ2v) is 6.06. The zero-order valence-corrected chi connectivity index (χ0v) is 14.2. The topological polar surface area (TPSA) is 46.9 Å². The number of amides is 1. The average molecular weight is 382 g/mol. The lowest BCUT2D eigenvalue weighted by Crippen LogP contribution is -2.14. The minimum atomic E-state index is -1.19. The highest BCUT2D eigenvalue weighted by molar-refractivity contribution is 6.35. The molecule has 25 heavy (non-hydrogen) atoms. The molecular formula is C17H11Cl2F2N3O. The van der Waals surface area contributed by atoms with Crippen LogP contribution in [0.4, 0.5) is 14.5 Å². The SMILES string of the molecule is O=C(Nc1cnn(Cc2ccc(Cl)cc2Cl)c1)c1cccc(F)c1F. The van der Waals surface area contributed by atoms with Crippen molar-refractivity contribution < 1.29 is 13.6 Å². The molecule has 0 saturated heterocycles. The Bertz CT molecular complexity index is 943. The molecule has 0 aliphatic rings. The van der Waals surface area contributed by atoms with E-state index in [1.165, 1.54) is 18.3 Å². The van der Waals surface area contributed by atoms with E-state index in [-0.39, 0.29) is 5.56 Å². The van der Waals surface area contributed by atoms with Gasteiger partial charge in [-0.05, 0) is 29.8 Å². The van der Waals surface area contributed by atoms with Crippen molar-refractivity contribution >= 4 is 34.8 Å². The molecule has 1 aromatic heterocycles. The van der Waals surface area contributed by atoms with Gasteiger partial charge >= 0.3 is 0 Å². The first-order valence-corrected chi connectivity index (χ1v) is 7.91. The van der Waals surface area contributed by atoms with Crippen molar-refractivity contribution in [3.63, 3.8) is 0 Å². The quantitative estimate of drug-likeness (QED) is 0.707. The van der Waals surface area contributed by atoms with Gasteiger partial charge in [0.1, 0.15) is 0 Å². The van der Waals surface area contributed by atoms with E-state index in [1.807, 2.05) is 0 Å². The molecule has 1 heterocycles. The lowest BCUT2D eigenvalue weighted by Gasteiger charge is -2.05. The summed E-state index contributed by atoms with van der Waals surface area (Å²) in [5.74, 6) is -3.04. The number of nitrogens with zero attached hydrogens (tertiary/aromatic N) is 2.